The van der Waals surface area contributed by atoms with E-state index in [2.05, 4.69) is 123 Å². The van der Waals surface area contributed by atoms with E-state index in [0.717, 1.165) is 0 Å². The topological polar surface area (TPSA) is 0 Å². The summed E-state index contributed by atoms with van der Waals surface area (Å²) in [5, 5.41) is 7.98. The first-order valence-electron chi connectivity index (χ1n) is 11.9. The van der Waals surface area contributed by atoms with Crippen molar-refractivity contribution in [2.75, 3.05) is 0 Å². The van der Waals surface area contributed by atoms with E-state index in [-0.39, 0.29) is 5.41 Å². The van der Waals surface area contributed by atoms with E-state index in [1.54, 1.807) is 0 Å². The zero-order chi connectivity index (χ0) is 22.9. The molecule has 0 unspecified atom stereocenters. The summed E-state index contributed by atoms with van der Waals surface area (Å²) in [6.45, 7) is 4.53. The molecule has 0 bridgehead atoms. The van der Waals surface area contributed by atoms with Crippen molar-refractivity contribution in [3.63, 3.8) is 0 Å². The number of rotatable bonds is 1. The summed E-state index contributed by atoms with van der Waals surface area (Å²) < 4.78 is 2.72. The van der Waals surface area contributed by atoms with Gasteiger partial charge in [0.05, 0.1) is 0 Å². The lowest BCUT2D eigenvalue weighted by Gasteiger charge is -2.14. The minimum absolute atomic E-state index is 0.0449. The monoisotopic (exact) mass is 452 g/mol. The third-order valence-electron chi connectivity index (χ3n) is 7.18. The SMILES string of the molecule is CC1(C)C=Cc2c(c3ccc(-c4cccc5c4sc4ccccc45)cc3c3ccccc23)C=C1. The molecule has 5 aromatic carbocycles. The Labute approximate surface area is 203 Å². The first kappa shape index (κ1) is 19.8. The van der Waals surface area contributed by atoms with Crippen LogP contribution in [-0.2, 0) is 0 Å². The number of hydrogen-bond donors (Lipinski definition) is 0. The fourth-order valence-electron chi connectivity index (χ4n) is 5.40. The van der Waals surface area contributed by atoms with Crippen molar-refractivity contribution in [1.29, 1.82) is 0 Å². The second kappa shape index (κ2) is 7.16. The lowest BCUT2D eigenvalue weighted by atomic mass is 9.89. The lowest BCUT2D eigenvalue weighted by Crippen LogP contribution is -1.99. The molecule has 7 rings (SSSR count). The Bertz CT molecular complexity index is 1820. The minimum atomic E-state index is 0.0449. The summed E-state index contributed by atoms with van der Waals surface area (Å²) in [7, 11) is 0. The minimum Gasteiger partial charge on any atom is -0.135 e. The van der Waals surface area contributed by atoms with Crippen molar-refractivity contribution in [2.24, 2.45) is 5.41 Å². The fraction of sp³-hybridized carbons (Fsp3) is 0.0909. The van der Waals surface area contributed by atoms with Gasteiger partial charge in [-0.3, -0.25) is 0 Å². The van der Waals surface area contributed by atoms with Crippen molar-refractivity contribution < 1.29 is 0 Å². The van der Waals surface area contributed by atoms with Gasteiger partial charge in [0, 0.05) is 25.6 Å². The number of thiophene rings is 1. The molecule has 34 heavy (non-hydrogen) atoms. The highest BCUT2D eigenvalue weighted by Gasteiger charge is 2.18. The lowest BCUT2D eigenvalue weighted by molar-refractivity contribution is 0.633. The largest absolute Gasteiger partial charge is 0.135 e. The number of fused-ring (bicyclic) bond motifs is 9. The van der Waals surface area contributed by atoms with Gasteiger partial charge >= 0.3 is 0 Å². The number of hydrogen-bond acceptors (Lipinski definition) is 1. The van der Waals surface area contributed by atoms with Crippen LogP contribution in [0.1, 0.15) is 25.0 Å². The van der Waals surface area contributed by atoms with Gasteiger partial charge in [0.25, 0.3) is 0 Å². The van der Waals surface area contributed by atoms with Gasteiger partial charge < -0.3 is 0 Å². The fourth-order valence-corrected chi connectivity index (χ4v) is 6.64. The summed E-state index contributed by atoms with van der Waals surface area (Å²) in [6.07, 6.45) is 9.30. The molecule has 0 amide bonds. The molecule has 6 aromatic rings. The molecule has 1 aliphatic carbocycles. The number of benzene rings is 5. The van der Waals surface area contributed by atoms with Crippen LogP contribution >= 0.6 is 11.3 Å². The van der Waals surface area contributed by atoms with E-state index < -0.39 is 0 Å². The highest BCUT2D eigenvalue weighted by Crippen LogP contribution is 2.43. The van der Waals surface area contributed by atoms with E-state index in [1.165, 1.54) is 64.0 Å². The maximum atomic E-state index is 2.41. The van der Waals surface area contributed by atoms with Gasteiger partial charge in [-0.15, -0.1) is 11.3 Å². The van der Waals surface area contributed by atoms with Crippen molar-refractivity contribution >= 4 is 65.2 Å². The van der Waals surface area contributed by atoms with E-state index >= 15 is 0 Å². The van der Waals surface area contributed by atoms with E-state index in [1.807, 2.05) is 11.3 Å². The molecule has 0 aliphatic heterocycles. The molecule has 0 saturated carbocycles. The Morgan fingerprint density at radius 1 is 0.559 bits per heavy atom. The third kappa shape index (κ3) is 2.90. The molecule has 0 fully saturated rings. The Morgan fingerprint density at radius 2 is 1.21 bits per heavy atom. The Kier molecular flexibility index (Phi) is 4.16. The molecular formula is C33H24S. The standard InChI is InChI=1S/C33H24S/c1-33(2)18-16-26-23-8-3-4-9-24(23)30-20-21(14-15-25(30)27(26)17-19-33)22-11-7-12-29-28-10-5-6-13-31(28)34-32(22)29/h3-20H,1-2H3. The van der Waals surface area contributed by atoms with Crippen LogP contribution in [0, 0.1) is 5.41 Å². The van der Waals surface area contributed by atoms with Crippen LogP contribution < -0.4 is 0 Å². The zero-order valence-corrected chi connectivity index (χ0v) is 20.1. The number of allylic oxidation sites excluding steroid dienone is 2. The maximum Gasteiger partial charge on any atom is 0.0433 e. The van der Waals surface area contributed by atoms with Crippen molar-refractivity contribution in [1.82, 2.24) is 0 Å². The van der Waals surface area contributed by atoms with Crippen LogP contribution in [0.4, 0.5) is 0 Å². The summed E-state index contributed by atoms with van der Waals surface area (Å²) in [5.74, 6) is 0. The van der Waals surface area contributed by atoms with Gasteiger partial charge in [-0.25, -0.2) is 0 Å². The van der Waals surface area contributed by atoms with E-state index in [0.29, 0.717) is 0 Å². The molecule has 0 N–H and O–H groups in total. The molecule has 1 aliphatic rings. The summed E-state index contributed by atoms with van der Waals surface area (Å²) in [5.41, 5.74) is 5.29. The average molecular weight is 453 g/mol. The third-order valence-corrected chi connectivity index (χ3v) is 8.40. The maximum absolute atomic E-state index is 2.41. The molecule has 0 atom stereocenters. The smallest absolute Gasteiger partial charge is 0.0433 e. The Morgan fingerprint density at radius 3 is 2.00 bits per heavy atom. The van der Waals surface area contributed by atoms with E-state index in [9.17, 15) is 0 Å². The van der Waals surface area contributed by atoms with Crippen molar-refractivity contribution in [3.05, 3.63) is 108 Å². The predicted octanol–water partition coefficient (Wildman–Crippen LogP) is 10.1. The molecule has 0 nitrogen and oxygen atoms in total. The molecule has 0 saturated heterocycles. The molecule has 1 aromatic heterocycles. The van der Waals surface area contributed by atoms with Crippen molar-refractivity contribution in [2.45, 2.75) is 13.8 Å². The molecule has 0 radical (unpaired) electrons. The summed E-state index contributed by atoms with van der Waals surface area (Å²) in [6, 6.07) is 31.4. The Hall–Kier alpha value is -3.68. The van der Waals surface area contributed by atoms with Crippen LogP contribution in [-0.4, -0.2) is 0 Å². The van der Waals surface area contributed by atoms with Crippen LogP contribution in [0.5, 0.6) is 0 Å². The molecule has 162 valence electrons. The van der Waals surface area contributed by atoms with Gasteiger partial charge in [-0.2, -0.15) is 0 Å². The van der Waals surface area contributed by atoms with Gasteiger partial charge in [-0.05, 0) is 55.9 Å². The summed E-state index contributed by atoms with van der Waals surface area (Å²) >= 11 is 1.90. The first-order valence-corrected chi connectivity index (χ1v) is 12.7. The molecule has 1 heterocycles. The average Bonchev–Trinajstić information content (AvgIpc) is 3.16. The van der Waals surface area contributed by atoms with Crippen LogP contribution in [0.2, 0.25) is 0 Å². The normalized spacial score (nSPS) is 14.8. The van der Waals surface area contributed by atoms with Gasteiger partial charge in [0.1, 0.15) is 0 Å². The van der Waals surface area contributed by atoms with Gasteiger partial charge in [-0.1, -0.05) is 111 Å². The highest BCUT2D eigenvalue weighted by atomic mass is 32.1. The first-order chi connectivity index (χ1) is 16.6. The van der Waals surface area contributed by atoms with Crippen LogP contribution in [0.3, 0.4) is 0 Å². The molecular weight excluding hydrogens is 428 g/mol. The second-order valence-electron chi connectivity index (χ2n) is 9.90. The van der Waals surface area contributed by atoms with Crippen LogP contribution in [0.15, 0.2) is 97.1 Å². The van der Waals surface area contributed by atoms with E-state index in [4.69, 9.17) is 0 Å². The highest BCUT2D eigenvalue weighted by molar-refractivity contribution is 7.26. The second-order valence-corrected chi connectivity index (χ2v) is 11.0. The van der Waals surface area contributed by atoms with Gasteiger partial charge in [0.2, 0.25) is 0 Å². The Balaban J connectivity index is 1.55. The zero-order valence-electron chi connectivity index (χ0n) is 19.3. The predicted molar refractivity (Wildman–Crippen MR) is 152 cm³/mol. The molecule has 1 heteroatoms. The quantitative estimate of drug-likeness (QED) is 0.218. The molecule has 0 spiro atoms. The van der Waals surface area contributed by atoms with Crippen molar-refractivity contribution in [3.8, 4) is 11.1 Å². The van der Waals surface area contributed by atoms with Crippen LogP contribution in [0.25, 0.3) is 65.0 Å². The van der Waals surface area contributed by atoms with Gasteiger partial charge in [0.15, 0.2) is 0 Å². The summed E-state index contributed by atoms with van der Waals surface area (Å²) in [4.78, 5) is 0.